The minimum absolute atomic E-state index is 0.0146. The Bertz CT molecular complexity index is 884. The minimum Gasteiger partial charge on any atom is -0.748 e. The summed E-state index contributed by atoms with van der Waals surface area (Å²) in [5, 5.41) is 0. The van der Waals surface area contributed by atoms with E-state index in [2.05, 4.69) is 91.0 Å². The van der Waals surface area contributed by atoms with Crippen molar-refractivity contribution < 1.29 is 27.4 Å². The zero-order valence-corrected chi connectivity index (χ0v) is 18.8. The van der Waals surface area contributed by atoms with E-state index in [0.717, 1.165) is 0 Å². The summed E-state index contributed by atoms with van der Waals surface area (Å²) in [5.41, 5.74) is 0. The molecule has 0 saturated heterocycles. The molecule has 0 fully saturated rings. The van der Waals surface area contributed by atoms with Gasteiger partial charge in [0.1, 0.15) is 0 Å². The largest absolute Gasteiger partial charge is 0.748 e. The summed E-state index contributed by atoms with van der Waals surface area (Å²) in [6.07, 6.45) is -0.221. The molecule has 0 saturated carbocycles. The molecule has 0 aromatic heterocycles. The molecule has 0 aliphatic heterocycles. The number of hydrogen-bond donors (Lipinski definition) is 3. The van der Waals surface area contributed by atoms with Gasteiger partial charge >= 0.3 is 8.80 Å². The third-order valence-corrected chi connectivity index (χ3v) is 7.89. The molecule has 3 aromatic rings. The zero-order chi connectivity index (χ0) is 22.0. The SMILES string of the molecule is O=S(=O)([O-])CCC[Si](O)(O)O.c1ccc([S+](c2ccccc2)c2ccccc2)cc1. The van der Waals surface area contributed by atoms with Crippen molar-refractivity contribution >= 4 is 29.8 Å². The van der Waals surface area contributed by atoms with Gasteiger partial charge in [0.15, 0.2) is 14.7 Å². The van der Waals surface area contributed by atoms with E-state index in [-0.39, 0.29) is 17.3 Å². The van der Waals surface area contributed by atoms with Gasteiger partial charge in [0, 0.05) is 11.8 Å². The Morgan fingerprint density at radius 1 is 0.700 bits per heavy atom. The lowest BCUT2D eigenvalue weighted by Gasteiger charge is -2.09. The zero-order valence-electron chi connectivity index (χ0n) is 16.2. The van der Waals surface area contributed by atoms with Crippen molar-refractivity contribution in [2.24, 2.45) is 0 Å². The maximum Gasteiger partial charge on any atom is 0.492 e. The van der Waals surface area contributed by atoms with Gasteiger partial charge in [-0.25, -0.2) is 8.42 Å². The highest BCUT2D eigenvalue weighted by atomic mass is 32.2. The molecular weight excluding hydrogens is 440 g/mol. The van der Waals surface area contributed by atoms with Crippen molar-refractivity contribution in [2.75, 3.05) is 5.75 Å². The maximum absolute atomic E-state index is 9.93. The first-order valence-corrected chi connectivity index (χ1v) is 14.0. The highest BCUT2D eigenvalue weighted by Gasteiger charge is 2.27. The molecule has 0 aliphatic rings. The van der Waals surface area contributed by atoms with Gasteiger partial charge in [0.05, 0.1) is 21.0 Å². The first-order valence-electron chi connectivity index (χ1n) is 9.16. The number of benzene rings is 3. The Morgan fingerprint density at radius 3 is 1.30 bits per heavy atom. The molecule has 30 heavy (non-hydrogen) atoms. The monoisotopic (exact) mass is 464 g/mol. The maximum atomic E-state index is 9.93. The summed E-state index contributed by atoms with van der Waals surface area (Å²) in [4.78, 5) is 29.2. The van der Waals surface area contributed by atoms with E-state index in [9.17, 15) is 13.0 Å². The lowest BCUT2D eigenvalue weighted by molar-refractivity contribution is 0.227. The highest BCUT2D eigenvalue weighted by Crippen LogP contribution is 2.30. The Balaban J connectivity index is 0.000000252. The van der Waals surface area contributed by atoms with Gasteiger partial charge in [-0.3, -0.25) is 0 Å². The van der Waals surface area contributed by atoms with Crippen LogP contribution in [-0.4, -0.2) is 41.9 Å². The second-order valence-electron chi connectivity index (χ2n) is 6.39. The molecule has 3 N–H and O–H groups in total. The highest BCUT2D eigenvalue weighted by molar-refractivity contribution is 7.97. The van der Waals surface area contributed by atoms with Crippen LogP contribution >= 0.6 is 0 Å². The van der Waals surface area contributed by atoms with E-state index in [4.69, 9.17) is 14.4 Å². The van der Waals surface area contributed by atoms with E-state index in [0.29, 0.717) is 0 Å². The van der Waals surface area contributed by atoms with E-state index in [1.54, 1.807) is 0 Å². The molecule has 3 rings (SSSR count). The van der Waals surface area contributed by atoms with Crippen LogP contribution in [0.5, 0.6) is 0 Å². The molecule has 160 valence electrons. The Hall–Kier alpha value is -1.98. The van der Waals surface area contributed by atoms with Crippen LogP contribution in [0.25, 0.3) is 0 Å². The Kier molecular flexibility index (Phi) is 9.25. The number of rotatable bonds is 7. The van der Waals surface area contributed by atoms with Gasteiger partial charge in [-0.2, -0.15) is 0 Å². The number of hydrogen-bond acceptors (Lipinski definition) is 6. The smallest absolute Gasteiger partial charge is 0.492 e. The average molecular weight is 465 g/mol. The first kappa shape index (κ1) is 24.3. The fraction of sp³-hybridized carbons (Fsp3) is 0.143. The molecule has 3 aromatic carbocycles. The van der Waals surface area contributed by atoms with Crippen LogP contribution < -0.4 is 0 Å². The predicted molar refractivity (Wildman–Crippen MR) is 118 cm³/mol. The summed E-state index contributed by atoms with van der Waals surface area (Å²) in [6, 6.07) is 31.7. The summed E-state index contributed by atoms with van der Waals surface area (Å²) < 4.78 is 29.8. The second kappa shape index (κ2) is 11.4. The third kappa shape index (κ3) is 9.22. The van der Waals surface area contributed by atoms with Crippen molar-refractivity contribution in [3.8, 4) is 0 Å². The summed E-state index contributed by atoms with van der Waals surface area (Å²) >= 11 is 0. The topological polar surface area (TPSA) is 118 Å². The van der Waals surface area contributed by atoms with Gasteiger partial charge in [0.25, 0.3) is 0 Å². The molecule has 9 heteroatoms. The van der Waals surface area contributed by atoms with Crippen molar-refractivity contribution in [2.45, 2.75) is 27.2 Å². The second-order valence-corrected chi connectivity index (χ2v) is 12.0. The molecule has 0 heterocycles. The van der Waals surface area contributed by atoms with Crippen LogP contribution in [-0.2, 0) is 21.0 Å². The Morgan fingerprint density at radius 2 is 1.03 bits per heavy atom. The summed E-state index contributed by atoms with van der Waals surface area (Å²) in [6.45, 7) is 0. The van der Waals surface area contributed by atoms with E-state index in [1.165, 1.54) is 14.7 Å². The van der Waals surface area contributed by atoms with Crippen molar-refractivity contribution in [3.05, 3.63) is 91.0 Å². The average Bonchev–Trinajstić information content (AvgIpc) is 2.69. The predicted octanol–water partition coefficient (Wildman–Crippen LogP) is 2.62. The molecule has 0 unspecified atom stereocenters. The summed E-state index contributed by atoms with van der Waals surface area (Å²) in [7, 11) is -8.48. The van der Waals surface area contributed by atoms with Gasteiger partial charge < -0.3 is 18.9 Å². The van der Waals surface area contributed by atoms with Gasteiger partial charge in [-0.15, -0.1) is 0 Å². The molecule has 6 nitrogen and oxygen atoms in total. The fourth-order valence-electron chi connectivity index (χ4n) is 2.56. The van der Waals surface area contributed by atoms with Crippen molar-refractivity contribution in [1.29, 1.82) is 0 Å². The molecule has 0 bridgehead atoms. The molecule has 0 aliphatic carbocycles. The molecule has 0 amide bonds. The molecular formula is C21H24O6S2Si. The fourth-order valence-corrected chi connectivity index (χ4v) is 6.07. The van der Waals surface area contributed by atoms with Crippen LogP contribution in [0.3, 0.4) is 0 Å². The normalized spacial score (nSPS) is 11.6. The summed E-state index contributed by atoms with van der Waals surface area (Å²) in [5.74, 6) is -0.677. The lowest BCUT2D eigenvalue weighted by atomic mass is 10.4. The minimum atomic E-state index is -4.31. The third-order valence-electron chi connectivity index (χ3n) is 3.84. The quantitative estimate of drug-likeness (QED) is 0.281. The van der Waals surface area contributed by atoms with E-state index >= 15 is 0 Å². The van der Waals surface area contributed by atoms with E-state index in [1.807, 2.05) is 0 Å². The molecule has 0 atom stereocenters. The van der Waals surface area contributed by atoms with E-state index < -0.39 is 30.7 Å². The van der Waals surface area contributed by atoms with Crippen LogP contribution in [0, 0.1) is 0 Å². The Labute approximate surface area is 180 Å². The van der Waals surface area contributed by atoms with Gasteiger partial charge in [-0.05, 0) is 42.8 Å². The van der Waals surface area contributed by atoms with Gasteiger partial charge in [-0.1, -0.05) is 54.6 Å². The van der Waals surface area contributed by atoms with Crippen LogP contribution in [0.1, 0.15) is 6.42 Å². The standard InChI is InChI=1S/C18H15S.C3H10O6SSi/c1-4-10-16(11-5-1)19(17-12-6-2-7-13-17)18-14-8-3-9-15-18;4-10(5,6)2-1-3-11(7,8)9/h1-15H;7-9H,1-3H2,(H,4,5,6)/q+1;/p-1. The van der Waals surface area contributed by atoms with Crippen LogP contribution in [0.2, 0.25) is 6.04 Å². The first-order chi connectivity index (χ1) is 14.2. The van der Waals surface area contributed by atoms with Crippen molar-refractivity contribution in [1.82, 2.24) is 0 Å². The lowest BCUT2D eigenvalue weighted by Crippen LogP contribution is -2.34. The van der Waals surface area contributed by atoms with Crippen molar-refractivity contribution in [3.63, 3.8) is 0 Å². The van der Waals surface area contributed by atoms with Crippen LogP contribution in [0.15, 0.2) is 106 Å². The van der Waals surface area contributed by atoms with Gasteiger partial charge in [0.2, 0.25) is 0 Å². The molecule has 0 spiro atoms. The van der Waals surface area contributed by atoms with Crippen LogP contribution in [0.4, 0.5) is 0 Å². The molecule has 0 radical (unpaired) electrons.